The first-order chi connectivity index (χ1) is 13.0. The Hall–Kier alpha value is -2.70. The van der Waals surface area contributed by atoms with E-state index in [1.807, 2.05) is 17.1 Å². The second kappa shape index (κ2) is 6.79. The quantitative estimate of drug-likeness (QED) is 0.353. The molecule has 0 saturated carbocycles. The van der Waals surface area contributed by atoms with Gasteiger partial charge in [0, 0.05) is 19.2 Å². The van der Waals surface area contributed by atoms with E-state index in [0.29, 0.717) is 30.1 Å². The van der Waals surface area contributed by atoms with Crippen molar-refractivity contribution in [3.8, 4) is 0 Å². The molecule has 0 bridgehead atoms. The highest BCUT2D eigenvalue weighted by Gasteiger charge is 2.48. The SMILES string of the molecule is CC1CCN(c2ccc(N3C(=O)[C@H]4CC=CC[C@H]4C3=O)cc2[N+](=O)[O-])CC1. The minimum Gasteiger partial charge on any atom is -0.366 e. The van der Waals surface area contributed by atoms with Crippen LogP contribution in [0.15, 0.2) is 30.4 Å². The normalized spacial score (nSPS) is 25.8. The molecular formula is C20H23N3O4. The lowest BCUT2D eigenvalue weighted by Gasteiger charge is -2.32. The molecule has 2 aliphatic heterocycles. The lowest BCUT2D eigenvalue weighted by Crippen LogP contribution is -2.34. The van der Waals surface area contributed by atoms with E-state index in [1.54, 1.807) is 12.1 Å². The summed E-state index contributed by atoms with van der Waals surface area (Å²) in [6.07, 6.45) is 6.96. The van der Waals surface area contributed by atoms with Crippen molar-refractivity contribution in [1.82, 2.24) is 0 Å². The fraction of sp³-hybridized carbons (Fsp3) is 0.500. The molecule has 1 aliphatic carbocycles. The van der Waals surface area contributed by atoms with E-state index < -0.39 is 4.92 Å². The lowest BCUT2D eigenvalue weighted by atomic mass is 9.85. The molecule has 7 nitrogen and oxygen atoms in total. The molecule has 2 amide bonds. The zero-order chi connectivity index (χ0) is 19.1. The van der Waals surface area contributed by atoms with Gasteiger partial charge in [0.25, 0.3) is 5.69 Å². The van der Waals surface area contributed by atoms with Gasteiger partial charge >= 0.3 is 0 Å². The number of carbonyl (C=O) groups is 2. The van der Waals surface area contributed by atoms with Crippen LogP contribution in [-0.4, -0.2) is 29.8 Å². The summed E-state index contributed by atoms with van der Waals surface area (Å²) in [6, 6.07) is 4.74. The van der Waals surface area contributed by atoms with Gasteiger partial charge in [0.05, 0.1) is 22.4 Å². The fourth-order valence-corrected chi connectivity index (χ4v) is 4.37. The first-order valence-electron chi connectivity index (χ1n) is 9.53. The molecule has 3 aliphatic rings. The number of nitrogens with zero attached hydrogens (tertiary/aromatic N) is 3. The van der Waals surface area contributed by atoms with Crippen molar-refractivity contribution in [3.63, 3.8) is 0 Å². The molecule has 2 heterocycles. The third kappa shape index (κ3) is 3.01. The van der Waals surface area contributed by atoms with Gasteiger partial charge in [-0.05, 0) is 43.7 Å². The molecule has 0 radical (unpaired) electrons. The number of hydrogen-bond acceptors (Lipinski definition) is 5. The summed E-state index contributed by atoms with van der Waals surface area (Å²) in [5.74, 6) is -0.558. The Morgan fingerprint density at radius 2 is 1.63 bits per heavy atom. The van der Waals surface area contributed by atoms with E-state index in [0.717, 1.165) is 30.8 Å². The highest BCUT2D eigenvalue weighted by Crippen LogP contribution is 2.40. The van der Waals surface area contributed by atoms with Gasteiger partial charge in [-0.2, -0.15) is 0 Å². The maximum absolute atomic E-state index is 12.7. The molecule has 2 saturated heterocycles. The van der Waals surface area contributed by atoms with Crippen LogP contribution in [0.3, 0.4) is 0 Å². The number of allylic oxidation sites excluding steroid dienone is 2. The van der Waals surface area contributed by atoms with Crippen LogP contribution >= 0.6 is 0 Å². The van der Waals surface area contributed by atoms with Crippen LogP contribution in [0.5, 0.6) is 0 Å². The molecule has 0 spiro atoms. The molecule has 142 valence electrons. The Morgan fingerprint density at radius 3 is 2.19 bits per heavy atom. The van der Waals surface area contributed by atoms with Crippen LogP contribution in [0.25, 0.3) is 0 Å². The highest BCUT2D eigenvalue weighted by molar-refractivity contribution is 6.22. The number of fused-ring (bicyclic) bond motifs is 1. The molecule has 1 aromatic rings. The minimum atomic E-state index is -0.420. The Balaban J connectivity index is 1.67. The fourth-order valence-electron chi connectivity index (χ4n) is 4.37. The van der Waals surface area contributed by atoms with E-state index in [-0.39, 0.29) is 29.3 Å². The monoisotopic (exact) mass is 369 g/mol. The molecule has 2 fully saturated rings. The molecule has 7 heteroatoms. The zero-order valence-electron chi connectivity index (χ0n) is 15.3. The van der Waals surface area contributed by atoms with E-state index >= 15 is 0 Å². The lowest BCUT2D eigenvalue weighted by molar-refractivity contribution is -0.384. The zero-order valence-corrected chi connectivity index (χ0v) is 15.3. The number of carbonyl (C=O) groups excluding carboxylic acids is 2. The molecule has 2 atom stereocenters. The summed E-state index contributed by atoms with van der Waals surface area (Å²) in [4.78, 5) is 39.9. The van der Waals surface area contributed by atoms with E-state index in [4.69, 9.17) is 0 Å². The van der Waals surface area contributed by atoms with Crippen molar-refractivity contribution < 1.29 is 14.5 Å². The number of benzene rings is 1. The Kier molecular flexibility index (Phi) is 4.45. The second-order valence-corrected chi connectivity index (χ2v) is 7.77. The Morgan fingerprint density at radius 1 is 1.04 bits per heavy atom. The van der Waals surface area contributed by atoms with Gasteiger partial charge in [-0.15, -0.1) is 0 Å². The highest BCUT2D eigenvalue weighted by atomic mass is 16.6. The molecule has 4 rings (SSSR count). The maximum Gasteiger partial charge on any atom is 0.294 e. The van der Waals surface area contributed by atoms with Crippen LogP contribution in [0, 0.1) is 27.9 Å². The number of nitro benzene ring substituents is 1. The predicted molar refractivity (Wildman–Crippen MR) is 102 cm³/mol. The van der Waals surface area contributed by atoms with Gasteiger partial charge in [-0.25, -0.2) is 4.90 Å². The van der Waals surface area contributed by atoms with E-state index in [2.05, 4.69) is 6.92 Å². The number of hydrogen-bond donors (Lipinski definition) is 0. The second-order valence-electron chi connectivity index (χ2n) is 7.77. The molecule has 1 aromatic carbocycles. The van der Waals surface area contributed by atoms with Crippen LogP contribution < -0.4 is 9.80 Å². The van der Waals surface area contributed by atoms with Crippen molar-refractivity contribution in [1.29, 1.82) is 0 Å². The number of piperidine rings is 1. The standard InChI is InChI=1S/C20H23N3O4/c1-13-8-10-21(11-9-13)17-7-6-14(12-18(17)23(26)27)22-19(24)15-4-2-3-5-16(15)20(22)25/h2-3,6-7,12-13,15-16H,4-5,8-11H2,1H3/t15-,16+. The average Bonchev–Trinajstić information content (AvgIpc) is 2.93. The first-order valence-corrected chi connectivity index (χ1v) is 9.53. The van der Waals surface area contributed by atoms with E-state index in [9.17, 15) is 19.7 Å². The molecule has 0 N–H and O–H groups in total. The van der Waals surface area contributed by atoms with Gasteiger partial charge in [-0.1, -0.05) is 19.1 Å². The number of nitro groups is 1. The van der Waals surface area contributed by atoms with Crippen molar-refractivity contribution in [2.24, 2.45) is 17.8 Å². The topological polar surface area (TPSA) is 83.8 Å². The van der Waals surface area contributed by atoms with Crippen LogP contribution in [0.2, 0.25) is 0 Å². The number of amides is 2. The average molecular weight is 369 g/mol. The van der Waals surface area contributed by atoms with Crippen molar-refractivity contribution in [2.45, 2.75) is 32.6 Å². The number of imide groups is 1. The molecule has 0 unspecified atom stereocenters. The Labute approximate surface area is 157 Å². The van der Waals surface area contributed by atoms with E-state index in [1.165, 1.54) is 6.07 Å². The molecule has 27 heavy (non-hydrogen) atoms. The van der Waals surface area contributed by atoms with Crippen molar-refractivity contribution in [3.05, 3.63) is 40.5 Å². The minimum absolute atomic E-state index is 0.0457. The summed E-state index contributed by atoms with van der Waals surface area (Å²) < 4.78 is 0. The Bertz CT molecular complexity index is 801. The summed E-state index contributed by atoms with van der Waals surface area (Å²) in [5.41, 5.74) is 0.824. The summed E-state index contributed by atoms with van der Waals surface area (Å²) in [7, 11) is 0. The van der Waals surface area contributed by atoms with Crippen LogP contribution in [0.4, 0.5) is 17.1 Å². The largest absolute Gasteiger partial charge is 0.366 e. The first kappa shape index (κ1) is 17.7. The van der Waals surface area contributed by atoms with Crippen molar-refractivity contribution >= 4 is 28.9 Å². The van der Waals surface area contributed by atoms with Crippen LogP contribution in [-0.2, 0) is 9.59 Å². The summed E-state index contributed by atoms with van der Waals surface area (Å²) >= 11 is 0. The van der Waals surface area contributed by atoms with Gasteiger partial charge in [0.1, 0.15) is 5.69 Å². The summed E-state index contributed by atoms with van der Waals surface area (Å²) in [5, 5.41) is 11.7. The predicted octanol–water partition coefficient (Wildman–Crippen LogP) is 3.29. The molecule has 0 aromatic heterocycles. The van der Waals surface area contributed by atoms with Gasteiger partial charge in [-0.3, -0.25) is 19.7 Å². The number of rotatable bonds is 3. The van der Waals surface area contributed by atoms with Crippen molar-refractivity contribution in [2.75, 3.05) is 22.9 Å². The maximum atomic E-state index is 12.7. The van der Waals surface area contributed by atoms with Crippen LogP contribution in [0.1, 0.15) is 32.6 Å². The third-order valence-electron chi connectivity index (χ3n) is 6.05. The smallest absolute Gasteiger partial charge is 0.294 e. The molecular weight excluding hydrogens is 346 g/mol. The number of anilines is 2. The van der Waals surface area contributed by atoms with Gasteiger partial charge in [0.2, 0.25) is 11.8 Å². The van der Waals surface area contributed by atoms with Gasteiger partial charge in [0.15, 0.2) is 0 Å². The van der Waals surface area contributed by atoms with Gasteiger partial charge < -0.3 is 4.90 Å². The third-order valence-corrected chi connectivity index (χ3v) is 6.05. The summed E-state index contributed by atoms with van der Waals surface area (Å²) in [6.45, 7) is 3.74.